The van der Waals surface area contributed by atoms with Crippen molar-refractivity contribution in [3.8, 4) is 5.75 Å². The number of ether oxygens (including phenoxy) is 1. The molecule has 2 aliphatic rings. The number of hydrogen-bond donors (Lipinski definition) is 1. The summed E-state index contributed by atoms with van der Waals surface area (Å²) in [4.78, 5) is 0. The van der Waals surface area contributed by atoms with Crippen LogP contribution in [0.25, 0.3) is 0 Å². The topological polar surface area (TPSA) is 29.5 Å². The Bertz CT molecular complexity index is 424. The molecule has 0 amide bonds. The first-order chi connectivity index (χ1) is 7.58. The summed E-state index contributed by atoms with van der Waals surface area (Å²) >= 11 is 0. The third-order valence-electron chi connectivity index (χ3n) is 3.66. The molecule has 1 fully saturated rings. The van der Waals surface area contributed by atoms with E-state index < -0.39 is 6.10 Å². The molecule has 86 valence electrons. The van der Waals surface area contributed by atoms with Crippen molar-refractivity contribution in [1.82, 2.24) is 0 Å². The molecule has 2 nitrogen and oxygen atoms in total. The van der Waals surface area contributed by atoms with E-state index in [-0.39, 0.29) is 11.4 Å². The standard InChI is InChI=1S/C13H15FO2/c1-8-5-13(6-8)7-11(15)10-4-9(14)2-3-12(10)16-13/h2-4,8,11,15H,5-7H2,1H3/t8?,11-,13?/m1/s1. The number of halogens is 1. The van der Waals surface area contributed by atoms with Crippen LogP contribution in [0, 0.1) is 11.7 Å². The summed E-state index contributed by atoms with van der Waals surface area (Å²) in [7, 11) is 0. The molecule has 1 saturated carbocycles. The summed E-state index contributed by atoms with van der Waals surface area (Å²) in [6, 6.07) is 4.37. The number of hydrogen-bond acceptors (Lipinski definition) is 2. The first-order valence-corrected chi connectivity index (χ1v) is 5.74. The maximum atomic E-state index is 13.1. The summed E-state index contributed by atoms with van der Waals surface area (Å²) in [6.45, 7) is 2.18. The molecule has 1 aromatic rings. The van der Waals surface area contributed by atoms with Gasteiger partial charge in [-0.2, -0.15) is 0 Å². The van der Waals surface area contributed by atoms with Crippen molar-refractivity contribution in [3.63, 3.8) is 0 Å². The van der Waals surface area contributed by atoms with E-state index in [1.807, 2.05) is 0 Å². The van der Waals surface area contributed by atoms with Crippen molar-refractivity contribution in [3.05, 3.63) is 29.6 Å². The average molecular weight is 222 g/mol. The van der Waals surface area contributed by atoms with Crippen LogP contribution < -0.4 is 4.74 Å². The van der Waals surface area contributed by atoms with Crippen LogP contribution in [0.5, 0.6) is 5.75 Å². The molecule has 1 heterocycles. The van der Waals surface area contributed by atoms with E-state index in [0.29, 0.717) is 23.7 Å². The van der Waals surface area contributed by atoms with Crippen LogP contribution in [0.2, 0.25) is 0 Å². The monoisotopic (exact) mass is 222 g/mol. The van der Waals surface area contributed by atoms with Gasteiger partial charge in [0.25, 0.3) is 0 Å². The zero-order valence-corrected chi connectivity index (χ0v) is 9.24. The van der Waals surface area contributed by atoms with Gasteiger partial charge >= 0.3 is 0 Å². The van der Waals surface area contributed by atoms with E-state index in [1.165, 1.54) is 12.1 Å². The normalized spacial score (nSPS) is 36.4. The lowest BCUT2D eigenvalue weighted by Crippen LogP contribution is -2.51. The maximum absolute atomic E-state index is 13.1. The van der Waals surface area contributed by atoms with Crippen LogP contribution in [-0.2, 0) is 0 Å². The number of aliphatic hydroxyl groups excluding tert-OH is 1. The van der Waals surface area contributed by atoms with Gasteiger partial charge in [-0.25, -0.2) is 4.39 Å². The Morgan fingerprint density at radius 2 is 2.12 bits per heavy atom. The number of rotatable bonds is 0. The van der Waals surface area contributed by atoms with Crippen LogP contribution in [0.1, 0.15) is 37.9 Å². The van der Waals surface area contributed by atoms with Gasteiger partial charge in [-0.15, -0.1) is 0 Å². The van der Waals surface area contributed by atoms with Crippen LogP contribution in [0.15, 0.2) is 18.2 Å². The van der Waals surface area contributed by atoms with Gasteiger partial charge in [-0.3, -0.25) is 0 Å². The number of benzene rings is 1. The van der Waals surface area contributed by atoms with Gasteiger partial charge < -0.3 is 9.84 Å². The van der Waals surface area contributed by atoms with E-state index in [4.69, 9.17) is 4.74 Å². The van der Waals surface area contributed by atoms with Crippen LogP contribution in [0.3, 0.4) is 0 Å². The fraction of sp³-hybridized carbons (Fsp3) is 0.538. The summed E-state index contributed by atoms with van der Waals surface area (Å²) in [6.07, 6.45) is 1.97. The van der Waals surface area contributed by atoms with Crippen molar-refractivity contribution in [2.45, 2.75) is 37.9 Å². The van der Waals surface area contributed by atoms with Crippen molar-refractivity contribution >= 4 is 0 Å². The lowest BCUT2D eigenvalue weighted by Gasteiger charge is -2.50. The van der Waals surface area contributed by atoms with Gasteiger partial charge in [-0.1, -0.05) is 6.92 Å². The second-order valence-corrected chi connectivity index (χ2v) is 5.20. The molecule has 1 aliphatic heterocycles. The molecular weight excluding hydrogens is 207 g/mol. The Morgan fingerprint density at radius 3 is 2.81 bits per heavy atom. The second-order valence-electron chi connectivity index (χ2n) is 5.20. The molecule has 16 heavy (non-hydrogen) atoms. The fourth-order valence-electron chi connectivity index (χ4n) is 3.07. The molecular formula is C13H15FO2. The number of aliphatic hydroxyl groups is 1. The smallest absolute Gasteiger partial charge is 0.126 e. The van der Waals surface area contributed by atoms with Gasteiger partial charge in [0.05, 0.1) is 6.10 Å². The molecule has 0 saturated heterocycles. The second kappa shape index (κ2) is 3.20. The van der Waals surface area contributed by atoms with Crippen LogP contribution in [-0.4, -0.2) is 10.7 Å². The highest BCUT2D eigenvalue weighted by molar-refractivity contribution is 5.39. The molecule has 0 radical (unpaired) electrons. The number of fused-ring (bicyclic) bond motifs is 1. The lowest BCUT2D eigenvalue weighted by atomic mass is 9.67. The molecule has 1 aromatic carbocycles. The Labute approximate surface area is 94.0 Å². The third kappa shape index (κ3) is 1.42. The van der Waals surface area contributed by atoms with E-state index in [2.05, 4.69) is 6.92 Å². The molecule has 1 spiro atoms. The van der Waals surface area contributed by atoms with E-state index in [9.17, 15) is 9.50 Å². The summed E-state index contributed by atoms with van der Waals surface area (Å²) in [5, 5.41) is 10.0. The first-order valence-electron chi connectivity index (χ1n) is 5.74. The van der Waals surface area contributed by atoms with Gasteiger partial charge in [-0.05, 0) is 37.0 Å². The SMILES string of the molecule is CC1CC2(C1)C[C@@H](O)c1cc(F)ccc1O2. The van der Waals surface area contributed by atoms with Gasteiger partial charge in [0.15, 0.2) is 0 Å². The minimum atomic E-state index is -0.591. The minimum Gasteiger partial charge on any atom is -0.487 e. The van der Waals surface area contributed by atoms with E-state index in [0.717, 1.165) is 12.8 Å². The van der Waals surface area contributed by atoms with Crippen molar-refractivity contribution in [2.24, 2.45) is 5.92 Å². The summed E-state index contributed by atoms with van der Waals surface area (Å²) in [5.41, 5.74) is 0.397. The van der Waals surface area contributed by atoms with Gasteiger partial charge in [0.2, 0.25) is 0 Å². The molecule has 3 rings (SSSR count). The zero-order chi connectivity index (χ0) is 11.3. The Kier molecular flexibility index (Phi) is 2.02. The summed E-state index contributed by atoms with van der Waals surface area (Å²) in [5.74, 6) is 0.987. The highest BCUT2D eigenvalue weighted by Gasteiger charge is 2.48. The largest absolute Gasteiger partial charge is 0.487 e. The van der Waals surface area contributed by atoms with E-state index in [1.54, 1.807) is 6.07 Å². The first kappa shape index (κ1) is 10.1. The third-order valence-corrected chi connectivity index (χ3v) is 3.66. The predicted molar refractivity (Wildman–Crippen MR) is 57.7 cm³/mol. The molecule has 0 unspecified atom stereocenters. The van der Waals surface area contributed by atoms with Gasteiger partial charge in [0.1, 0.15) is 17.2 Å². The summed E-state index contributed by atoms with van der Waals surface area (Å²) < 4.78 is 19.0. The Hall–Kier alpha value is -1.09. The molecule has 0 bridgehead atoms. The fourth-order valence-corrected chi connectivity index (χ4v) is 3.07. The molecule has 0 aromatic heterocycles. The highest BCUT2D eigenvalue weighted by Crippen LogP contribution is 2.51. The quantitative estimate of drug-likeness (QED) is 0.731. The molecule has 3 heteroatoms. The average Bonchev–Trinajstić information content (AvgIpc) is 2.17. The highest BCUT2D eigenvalue weighted by atomic mass is 19.1. The molecule has 1 atom stereocenters. The lowest BCUT2D eigenvalue weighted by molar-refractivity contribution is -0.0926. The van der Waals surface area contributed by atoms with Crippen molar-refractivity contribution in [1.29, 1.82) is 0 Å². The molecule has 1 N–H and O–H groups in total. The predicted octanol–water partition coefficient (Wildman–Crippen LogP) is 2.81. The zero-order valence-electron chi connectivity index (χ0n) is 9.24. The molecule has 1 aliphatic carbocycles. The Morgan fingerprint density at radius 1 is 1.38 bits per heavy atom. The van der Waals surface area contributed by atoms with Crippen LogP contribution in [0.4, 0.5) is 4.39 Å². The van der Waals surface area contributed by atoms with Crippen molar-refractivity contribution < 1.29 is 14.2 Å². The van der Waals surface area contributed by atoms with Crippen molar-refractivity contribution in [2.75, 3.05) is 0 Å². The maximum Gasteiger partial charge on any atom is 0.126 e. The van der Waals surface area contributed by atoms with Gasteiger partial charge in [0, 0.05) is 12.0 Å². The van der Waals surface area contributed by atoms with E-state index >= 15 is 0 Å². The Balaban J connectivity index is 1.94. The minimum absolute atomic E-state index is 0.191. The van der Waals surface area contributed by atoms with Crippen LogP contribution >= 0.6 is 0 Å².